The fourth-order valence-corrected chi connectivity index (χ4v) is 3.79. The SMILES string of the molecule is CCc1ccc(-c2nnc(N[C@@H]3CCC[C@@H](O)C3)c3cnccc23)c(O)c1. The van der Waals surface area contributed by atoms with Crippen LogP contribution in [0.15, 0.2) is 36.7 Å². The molecule has 0 unspecified atom stereocenters. The number of benzene rings is 1. The number of aryl methyl sites for hydroxylation is 1. The van der Waals surface area contributed by atoms with Crippen molar-refractivity contribution in [3.8, 4) is 17.0 Å². The van der Waals surface area contributed by atoms with E-state index in [2.05, 4.69) is 27.4 Å². The zero-order chi connectivity index (χ0) is 18.8. The molecule has 6 heteroatoms. The summed E-state index contributed by atoms with van der Waals surface area (Å²) in [6, 6.07) is 7.74. The molecule has 140 valence electrons. The fourth-order valence-electron chi connectivity index (χ4n) is 3.79. The number of rotatable bonds is 4. The molecule has 1 fully saturated rings. The average molecular weight is 364 g/mol. The van der Waals surface area contributed by atoms with Crippen molar-refractivity contribution in [1.82, 2.24) is 15.2 Å². The molecule has 2 heterocycles. The molecular weight excluding hydrogens is 340 g/mol. The van der Waals surface area contributed by atoms with E-state index in [4.69, 9.17) is 0 Å². The number of nitrogens with zero attached hydrogens (tertiary/aromatic N) is 3. The van der Waals surface area contributed by atoms with Gasteiger partial charge < -0.3 is 15.5 Å². The van der Waals surface area contributed by atoms with Gasteiger partial charge in [-0.2, -0.15) is 0 Å². The van der Waals surface area contributed by atoms with Crippen LogP contribution < -0.4 is 5.32 Å². The summed E-state index contributed by atoms with van der Waals surface area (Å²) in [6.07, 6.45) is 7.66. The Morgan fingerprint density at radius 3 is 2.81 bits per heavy atom. The number of aromatic nitrogens is 3. The van der Waals surface area contributed by atoms with Crippen LogP contribution in [0, 0.1) is 0 Å². The lowest BCUT2D eigenvalue weighted by Gasteiger charge is -2.27. The molecule has 0 aliphatic heterocycles. The average Bonchev–Trinajstić information content (AvgIpc) is 2.68. The van der Waals surface area contributed by atoms with Crippen molar-refractivity contribution in [3.05, 3.63) is 42.2 Å². The second kappa shape index (κ2) is 7.48. The van der Waals surface area contributed by atoms with Crippen molar-refractivity contribution in [2.45, 2.75) is 51.2 Å². The van der Waals surface area contributed by atoms with Gasteiger partial charge in [0.15, 0.2) is 5.82 Å². The number of hydrogen-bond donors (Lipinski definition) is 3. The Bertz CT molecular complexity index is 960. The Labute approximate surface area is 158 Å². The molecule has 2 atom stereocenters. The van der Waals surface area contributed by atoms with Gasteiger partial charge in [-0.1, -0.05) is 13.0 Å². The van der Waals surface area contributed by atoms with Crippen molar-refractivity contribution in [3.63, 3.8) is 0 Å². The maximum Gasteiger partial charge on any atom is 0.158 e. The highest BCUT2D eigenvalue weighted by atomic mass is 16.3. The maximum absolute atomic E-state index is 10.5. The summed E-state index contributed by atoms with van der Waals surface area (Å²) in [6.45, 7) is 2.05. The van der Waals surface area contributed by atoms with Crippen molar-refractivity contribution >= 4 is 16.6 Å². The van der Waals surface area contributed by atoms with Gasteiger partial charge >= 0.3 is 0 Å². The largest absolute Gasteiger partial charge is 0.507 e. The van der Waals surface area contributed by atoms with Crippen LogP contribution in [-0.2, 0) is 6.42 Å². The highest BCUT2D eigenvalue weighted by Crippen LogP contribution is 2.35. The molecule has 0 spiro atoms. The highest BCUT2D eigenvalue weighted by molar-refractivity contribution is 6.00. The van der Waals surface area contributed by atoms with Gasteiger partial charge in [-0.15, -0.1) is 10.2 Å². The number of phenols is 1. The topological polar surface area (TPSA) is 91.2 Å². The molecule has 0 radical (unpaired) electrons. The third-order valence-corrected chi connectivity index (χ3v) is 5.29. The number of aliphatic hydroxyl groups is 1. The van der Waals surface area contributed by atoms with E-state index in [0.717, 1.165) is 42.0 Å². The Hall–Kier alpha value is -2.73. The van der Waals surface area contributed by atoms with Crippen LogP contribution >= 0.6 is 0 Å². The molecule has 1 aliphatic carbocycles. The number of aliphatic hydroxyl groups excluding tert-OH is 1. The minimum Gasteiger partial charge on any atom is -0.507 e. The quantitative estimate of drug-likeness (QED) is 0.654. The van der Waals surface area contributed by atoms with Crippen LogP contribution in [-0.4, -0.2) is 37.5 Å². The first-order chi connectivity index (χ1) is 13.2. The lowest BCUT2D eigenvalue weighted by atomic mass is 9.93. The Kier molecular flexibility index (Phi) is 4.90. The minimum atomic E-state index is -0.262. The zero-order valence-corrected chi connectivity index (χ0v) is 15.4. The Morgan fingerprint density at radius 1 is 1.15 bits per heavy atom. The second-order valence-corrected chi connectivity index (χ2v) is 7.19. The van der Waals surface area contributed by atoms with Crippen LogP contribution in [0.4, 0.5) is 5.82 Å². The molecule has 3 N–H and O–H groups in total. The first-order valence-electron chi connectivity index (χ1n) is 9.53. The normalized spacial score (nSPS) is 19.9. The number of fused-ring (bicyclic) bond motifs is 1. The molecule has 1 aliphatic rings. The van der Waals surface area contributed by atoms with Crippen molar-refractivity contribution < 1.29 is 10.2 Å². The Balaban J connectivity index is 1.74. The predicted molar refractivity (Wildman–Crippen MR) is 106 cm³/mol. The number of phenolic OH excluding ortho intramolecular Hbond substituents is 1. The maximum atomic E-state index is 10.5. The summed E-state index contributed by atoms with van der Waals surface area (Å²) in [5, 5.41) is 34.4. The van der Waals surface area contributed by atoms with Crippen molar-refractivity contribution in [2.24, 2.45) is 0 Å². The zero-order valence-electron chi connectivity index (χ0n) is 15.4. The van der Waals surface area contributed by atoms with Crippen LogP contribution in [0.5, 0.6) is 5.75 Å². The smallest absolute Gasteiger partial charge is 0.158 e. The van der Waals surface area contributed by atoms with Gasteiger partial charge in [0, 0.05) is 34.8 Å². The molecule has 3 aromatic rings. The molecule has 1 saturated carbocycles. The third kappa shape index (κ3) is 3.57. The van der Waals surface area contributed by atoms with Gasteiger partial charge in [0.2, 0.25) is 0 Å². The van der Waals surface area contributed by atoms with Crippen LogP contribution in [0.2, 0.25) is 0 Å². The Morgan fingerprint density at radius 2 is 2.04 bits per heavy atom. The summed E-state index contributed by atoms with van der Waals surface area (Å²) < 4.78 is 0. The van der Waals surface area contributed by atoms with E-state index in [1.165, 1.54) is 0 Å². The lowest BCUT2D eigenvalue weighted by Crippen LogP contribution is -2.30. The molecule has 0 bridgehead atoms. The number of hydrogen-bond acceptors (Lipinski definition) is 6. The molecule has 27 heavy (non-hydrogen) atoms. The molecular formula is C21H24N4O2. The standard InChI is InChI=1S/C21H24N4O2/c1-2-13-6-7-17(19(27)10-13)20-16-8-9-22-12-18(16)21(25-24-20)23-14-4-3-5-15(26)11-14/h6-10,12,14-15,26-27H,2-5,11H2,1H3,(H,23,25)/t14-,15-/m1/s1. The van der Waals surface area contributed by atoms with E-state index in [-0.39, 0.29) is 17.9 Å². The van der Waals surface area contributed by atoms with Crippen LogP contribution in [0.3, 0.4) is 0 Å². The second-order valence-electron chi connectivity index (χ2n) is 7.19. The van der Waals surface area contributed by atoms with Gasteiger partial charge in [-0.05, 0) is 55.9 Å². The van der Waals surface area contributed by atoms with E-state index in [9.17, 15) is 10.2 Å². The molecule has 4 rings (SSSR count). The highest BCUT2D eigenvalue weighted by Gasteiger charge is 2.22. The van der Waals surface area contributed by atoms with Gasteiger partial charge in [-0.25, -0.2) is 0 Å². The molecule has 2 aromatic heterocycles. The first-order valence-corrected chi connectivity index (χ1v) is 9.53. The lowest BCUT2D eigenvalue weighted by molar-refractivity contribution is 0.124. The molecule has 1 aromatic carbocycles. The predicted octanol–water partition coefficient (Wildman–Crippen LogP) is 3.68. The summed E-state index contributed by atoms with van der Waals surface area (Å²) in [5.74, 6) is 0.878. The summed E-state index contributed by atoms with van der Waals surface area (Å²) >= 11 is 0. The van der Waals surface area contributed by atoms with E-state index in [0.29, 0.717) is 23.5 Å². The van der Waals surface area contributed by atoms with E-state index < -0.39 is 0 Å². The number of nitrogens with one attached hydrogen (secondary N) is 1. The van der Waals surface area contributed by atoms with Gasteiger partial charge in [0.05, 0.1) is 6.10 Å². The first kappa shape index (κ1) is 17.7. The molecule has 0 amide bonds. The molecule has 0 saturated heterocycles. The van der Waals surface area contributed by atoms with E-state index >= 15 is 0 Å². The minimum absolute atomic E-state index is 0.176. The monoisotopic (exact) mass is 364 g/mol. The third-order valence-electron chi connectivity index (χ3n) is 5.29. The summed E-state index contributed by atoms with van der Waals surface area (Å²) in [4.78, 5) is 4.25. The summed E-state index contributed by atoms with van der Waals surface area (Å²) in [7, 11) is 0. The number of pyridine rings is 1. The molecule has 6 nitrogen and oxygen atoms in total. The number of aromatic hydroxyl groups is 1. The van der Waals surface area contributed by atoms with Gasteiger partial charge in [-0.3, -0.25) is 4.98 Å². The van der Waals surface area contributed by atoms with Crippen molar-refractivity contribution in [2.75, 3.05) is 5.32 Å². The summed E-state index contributed by atoms with van der Waals surface area (Å²) in [5.41, 5.74) is 2.38. The number of anilines is 1. The van der Waals surface area contributed by atoms with Gasteiger partial charge in [0.25, 0.3) is 0 Å². The van der Waals surface area contributed by atoms with Crippen molar-refractivity contribution in [1.29, 1.82) is 0 Å². The van der Waals surface area contributed by atoms with Crippen LogP contribution in [0.25, 0.3) is 22.0 Å². The van der Waals surface area contributed by atoms with Crippen LogP contribution in [0.1, 0.15) is 38.2 Å². The van der Waals surface area contributed by atoms with E-state index in [1.807, 2.05) is 18.2 Å². The van der Waals surface area contributed by atoms with E-state index in [1.54, 1.807) is 18.5 Å². The fraction of sp³-hybridized carbons (Fsp3) is 0.381. The van der Waals surface area contributed by atoms with Gasteiger partial charge in [0.1, 0.15) is 11.4 Å².